The van der Waals surface area contributed by atoms with Crippen LogP contribution in [0.4, 0.5) is 0 Å². The summed E-state index contributed by atoms with van der Waals surface area (Å²) < 4.78 is 17.0. The van der Waals surface area contributed by atoms with Gasteiger partial charge in [0.1, 0.15) is 5.75 Å². The molecular weight excluding hydrogens is 300 g/mol. The second kappa shape index (κ2) is 6.87. The number of ether oxygens (including phenoxy) is 1. The molecule has 2 unspecified atom stereocenters. The Bertz CT molecular complexity index is 680. The Balaban J connectivity index is 2.34. The van der Waals surface area contributed by atoms with Crippen molar-refractivity contribution < 1.29 is 13.7 Å². The van der Waals surface area contributed by atoms with Crippen LogP contribution < -0.4 is 10.2 Å². The fourth-order valence-corrected chi connectivity index (χ4v) is 3.20. The zero-order valence-corrected chi connectivity index (χ0v) is 14.0. The van der Waals surface area contributed by atoms with Crippen LogP contribution >= 0.6 is 0 Å². The lowest BCUT2D eigenvalue weighted by molar-refractivity contribution is -0.121. The van der Waals surface area contributed by atoms with Crippen molar-refractivity contribution in [1.82, 2.24) is 5.43 Å². The normalized spacial score (nSPS) is 20.2. The Kier molecular flexibility index (Phi) is 5.13. The number of carbonyl (C=O) groups excluding carboxylic acids is 1. The third-order valence-electron chi connectivity index (χ3n) is 3.54. The highest BCUT2D eigenvalue weighted by atomic mass is 32.2. The fourth-order valence-electron chi connectivity index (χ4n) is 2.46. The van der Waals surface area contributed by atoms with E-state index in [1.807, 2.05) is 38.1 Å². The third kappa shape index (κ3) is 3.62. The molecule has 0 fully saturated rings. The summed E-state index contributed by atoms with van der Waals surface area (Å²) in [5.74, 6) is 0.645. The molecule has 0 aliphatic carbocycles. The first kappa shape index (κ1) is 16.4. The highest BCUT2D eigenvalue weighted by Gasteiger charge is 2.21. The van der Waals surface area contributed by atoms with Gasteiger partial charge in [0, 0.05) is 18.6 Å². The molecule has 0 bridgehead atoms. The molecule has 6 heteroatoms. The number of allylic oxidation sites excluding steroid dienone is 1. The molecule has 22 heavy (non-hydrogen) atoms. The lowest BCUT2D eigenvalue weighted by Crippen LogP contribution is -2.31. The van der Waals surface area contributed by atoms with Crippen LogP contribution in [-0.2, 0) is 15.6 Å². The highest BCUT2D eigenvalue weighted by Crippen LogP contribution is 2.25. The third-order valence-corrected chi connectivity index (χ3v) is 4.48. The molecule has 118 valence electrons. The molecule has 0 saturated carbocycles. The van der Waals surface area contributed by atoms with E-state index in [0.29, 0.717) is 17.1 Å². The van der Waals surface area contributed by atoms with Crippen LogP contribution in [0.2, 0.25) is 0 Å². The van der Waals surface area contributed by atoms with Gasteiger partial charge in [-0.2, -0.15) is 5.10 Å². The molecule has 1 heterocycles. The van der Waals surface area contributed by atoms with Gasteiger partial charge in [-0.05, 0) is 30.2 Å². The minimum absolute atomic E-state index is 0.0582. The summed E-state index contributed by atoms with van der Waals surface area (Å²) in [6.45, 7) is 3.94. The number of hydrogen-bond donors (Lipinski definition) is 1. The minimum atomic E-state index is -1.12. The predicted octanol–water partition coefficient (Wildman–Crippen LogP) is 2.35. The van der Waals surface area contributed by atoms with Gasteiger partial charge in [0.05, 0.1) is 28.5 Å². The molecule has 1 aromatic rings. The second-order valence-corrected chi connectivity index (χ2v) is 6.68. The van der Waals surface area contributed by atoms with Crippen LogP contribution in [0.1, 0.15) is 25.8 Å². The first-order chi connectivity index (χ1) is 10.4. The van der Waals surface area contributed by atoms with E-state index in [1.54, 1.807) is 13.4 Å². The number of amides is 1. The summed E-state index contributed by atoms with van der Waals surface area (Å²) in [6.07, 6.45) is 4.04. The molecule has 1 amide bonds. The molecular formula is C16H20N2O3S. The van der Waals surface area contributed by atoms with Crippen molar-refractivity contribution in [3.05, 3.63) is 29.3 Å². The monoisotopic (exact) mass is 320 g/mol. The highest BCUT2D eigenvalue weighted by molar-refractivity contribution is 7.84. The average molecular weight is 320 g/mol. The number of carbonyl (C=O) groups is 1. The maximum Gasteiger partial charge on any atom is 0.240 e. The molecule has 1 aromatic carbocycles. The first-order valence-electron chi connectivity index (χ1n) is 6.99. The molecule has 1 aliphatic rings. The fraction of sp³-hybridized carbons (Fsp3) is 0.375. The van der Waals surface area contributed by atoms with E-state index < -0.39 is 10.8 Å². The molecule has 0 aromatic heterocycles. The van der Waals surface area contributed by atoms with Crippen molar-refractivity contribution in [2.24, 2.45) is 11.0 Å². The van der Waals surface area contributed by atoms with E-state index in [4.69, 9.17) is 4.74 Å². The number of methoxy groups -OCH3 is 1. The Morgan fingerprint density at radius 3 is 2.82 bits per heavy atom. The molecule has 0 radical (unpaired) electrons. The summed E-state index contributed by atoms with van der Waals surface area (Å²) in [5.41, 5.74) is 5.29. The summed E-state index contributed by atoms with van der Waals surface area (Å²) in [5, 5.41) is 4.14. The standard InChI is InChI=1S/C16H20N2O3S/c1-10(16-11(2)8-15(19)17-18-16)7-12-5-6-13(21-3)14(9-12)22(4)20/h5-7,9,11H,8H2,1-4H3,(H,17,19). The van der Waals surface area contributed by atoms with Crippen molar-refractivity contribution in [3.63, 3.8) is 0 Å². The van der Waals surface area contributed by atoms with Gasteiger partial charge in [0.25, 0.3) is 0 Å². The van der Waals surface area contributed by atoms with Gasteiger partial charge < -0.3 is 4.74 Å². The van der Waals surface area contributed by atoms with E-state index in [0.717, 1.165) is 16.8 Å². The van der Waals surface area contributed by atoms with Crippen molar-refractivity contribution in [2.75, 3.05) is 13.4 Å². The SMILES string of the molecule is COc1ccc(C=C(C)C2=NNC(=O)CC2C)cc1S(C)=O. The van der Waals surface area contributed by atoms with Crippen LogP contribution in [0.3, 0.4) is 0 Å². The van der Waals surface area contributed by atoms with Crippen molar-refractivity contribution in [1.29, 1.82) is 0 Å². The van der Waals surface area contributed by atoms with E-state index in [1.165, 1.54) is 0 Å². The lowest BCUT2D eigenvalue weighted by atomic mass is 9.93. The number of hydrazone groups is 1. The summed E-state index contributed by atoms with van der Waals surface area (Å²) in [4.78, 5) is 12.0. The molecule has 0 spiro atoms. The number of nitrogens with zero attached hydrogens (tertiary/aromatic N) is 1. The van der Waals surface area contributed by atoms with Gasteiger partial charge in [-0.1, -0.05) is 19.1 Å². The Morgan fingerprint density at radius 2 is 2.23 bits per heavy atom. The second-order valence-electron chi connectivity index (χ2n) is 5.33. The maximum absolute atomic E-state index is 11.8. The lowest BCUT2D eigenvalue weighted by Gasteiger charge is -2.19. The maximum atomic E-state index is 11.8. The largest absolute Gasteiger partial charge is 0.495 e. The molecule has 2 rings (SSSR count). The molecule has 5 nitrogen and oxygen atoms in total. The predicted molar refractivity (Wildman–Crippen MR) is 88.3 cm³/mol. The zero-order chi connectivity index (χ0) is 16.3. The summed E-state index contributed by atoms with van der Waals surface area (Å²) in [7, 11) is 0.440. The van der Waals surface area contributed by atoms with Crippen LogP contribution in [0.25, 0.3) is 6.08 Å². The number of hydrogen-bond acceptors (Lipinski definition) is 4. The first-order valence-corrected chi connectivity index (χ1v) is 8.54. The van der Waals surface area contributed by atoms with Gasteiger partial charge in [0.2, 0.25) is 5.91 Å². The Labute approximate surface area is 132 Å². The summed E-state index contributed by atoms with van der Waals surface area (Å²) in [6, 6.07) is 5.57. The smallest absolute Gasteiger partial charge is 0.240 e. The molecule has 1 N–H and O–H groups in total. The zero-order valence-electron chi connectivity index (χ0n) is 13.2. The van der Waals surface area contributed by atoms with E-state index in [9.17, 15) is 9.00 Å². The van der Waals surface area contributed by atoms with Gasteiger partial charge in [-0.3, -0.25) is 9.00 Å². The van der Waals surface area contributed by atoms with Gasteiger partial charge >= 0.3 is 0 Å². The number of rotatable bonds is 4. The number of nitrogens with one attached hydrogen (secondary N) is 1. The van der Waals surface area contributed by atoms with Crippen molar-refractivity contribution in [2.45, 2.75) is 25.2 Å². The topological polar surface area (TPSA) is 67.8 Å². The number of benzene rings is 1. The van der Waals surface area contributed by atoms with Crippen molar-refractivity contribution >= 4 is 28.5 Å². The van der Waals surface area contributed by atoms with E-state index in [2.05, 4.69) is 10.5 Å². The van der Waals surface area contributed by atoms with Gasteiger partial charge in [0.15, 0.2) is 0 Å². The van der Waals surface area contributed by atoms with E-state index in [-0.39, 0.29) is 11.8 Å². The Hall–Kier alpha value is -1.95. The van der Waals surface area contributed by atoms with Gasteiger partial charge in [-0.15, -0.1) is 0 Å². The van der Waals surface area contributed by atoms with Crippen LogP contribution in [-0.4, -0.2) is 29.2 Å². The Morgan fingerprint density at radius 1 is 1.50 bits per heavy atom. The minimum Gasteiger partial charge on any atom is -0.495 e. The molecule has 2 atom stereocenters. The summed E-state index contributed by atoms with van der Waals surface area (Å²) >= 11 is 0. The molecule has 0 saturated heterocycles. The molecule has 1 aliphatic heterocycles. The van der Waals surface area contributed by atoms with Crippen molar-refractivity contribution in [3.8, 4) is 5.75 Å². The quantitative estimate of drug-likeness (QED) is 0.926. The van der Waals surface area contributed by atoms with E-state index >= 15 is 0 Å². The van der Waals surface area contributed by atoms with Gasteiger partial charge in [-0.25, -0.2) is 5.43 Å². The average Bonchev–Trinajstić information content (AvgIpc) is 2.46. The van der Waals surface area contributed by atoms with Crippen LogP contribution in [0.5, 0.6) is 5.75 Å². The van der Waals surface area contributed by atoms with Crippen LogP contribution in [0.15, 0.2) is 33.8 Å². The van der Waals surface area contributed by atoms with Crippen LogP contribution in [0, 0.1) is 5.92 Å².